The lowest BCUT2D eigenvalue weighted by Gasteiger charge is -2.39. The van der Waals surface area contributed by atoms with E-state index >= 15 is 0 Å². The van der Waals surface area contributed by atoms with Crippen molar-refractivity contribution in [2.24, 2.45) is 12.5 Å². The van der Waals surface area contributed by atoms with Crippen molar-refractivity contribution in [1.82, 2.24) is 34.7 Å². The van der Waals surface area contributed by atoms with E-state index in [9.17, 15) is 9.59 Å². The third-order valence-corrected chi connectivity index (χ3v) is 8.46. The van der Waals surface area contributed by atoms with Crippen LogP contribution in [0.5, 0.6) is 0 Å². The zero-order valence-electron chi connectivity index (χ0n) is 22.1. The Morgan fingerprint density at radius 1 is 1.08 bits per heavy atom. The molecule has 5 rings (SSSR count). The van der Waals surface area contributed by atoms with Gasteiger partial charge in [-0.05, 0) is 50.9 Å². The van der Waals surface area contributed by atoms with Crippen LogP contribution in [-0.2, 0) is 11.8 Å². The number of piperidine rings is 2. The molecule has 2 aromatic rings. The van der Waals surface area contributed by atoms with E-state index in [1.54, 1.807) is 10.9 Å². The molecule has 0 bridgehead atoms. The van der Waals surface area contributed by atoms with Crippen molar-refractivity contribution in [3.63, 3.8) is 0 Å². The largest absolute Gasteiger partial charge is 0.423 e. The zero-order chi connectivity index (χ0) is 25.4. The van der Waals surface area contributed by atoms with E-state index < -0.39 is 0 Å². The third-order valence-electron chi connectivity index (χ3n) is 8.46. The highest BCUT2D eigenvalue weighted by molar-refractivity contribution is 5.95. The fraction of sp³-hybridized carbons (Fsp3) is 0.731. The highest BCUT2D eigenvalue weighted by Gasteiger charge is 2.49. The summed E-state index contributed by atoms with van der Waals surface area (Å²) in [7, 11) is 1.86. The molecule has 1 spiro atoms. The lowest BCUT2D eigenvalue weighted by molar-refractivity contribution is -0.133. The molecule has 3 fully saturated rings. The van der Waals surface area contributed by atoms with Crippen LogP contribution in [0.15, 0.2) is 10.6 Å². The van der Waals surface area contributed by atoms with Gasteiger partial charge in [-0.15, -0.1) is 10.2 Å². The van der Waals surface area contributed by atoms with E-state index in [0.717, 1.165) is 57.4 Å². The van der Waals surface area contributed by atoms with Crippen LogP contribution in [0.4, 0.5) is 0 Å². The second kappa shape index (κ2) is 9.95. The van der Waals surface area contributed by atoms with Crippen molar-refractivity contribution in [3.05, 3.63) is 29.2 Å². The second-order valence-electron chi connectivity index (χ2n) is 11.3. The van der Waals surface area contributed by atoms with Crippen LogP contribution >= 0.6 is 0 Å². The monoisotopic (exact) mass is 497 g/mol. The molecule has 10 heteroatoms. The van der Waals surface area contributed by atoms with Crippen LogP contribution in [-0.4, -0.2) is 85.8 Å². The van der Waals surface area contributed by atoms with Gasteiger partial charge in [0.1, 0.15) is 0 Å². The van der Waals surface area contributed by atoms with Crippen LogP contribution in [0.3, 0.4) is 0 Å². The summed E-state index contributed by atoms with van der Waals surface area (Å²) in [5.41, 5.74) is 1.60. The van der Waals surface area contributed by atoms with Crippen molar-refractivity contribution >= 4 is 11.8 Å². The minimum absolute atomic E-state index is 0.0278. The van der Waals surface area contributed by atoms with Gasteiger partial charge in [0.25, 0.3) is 5.91 Å². The van der Waals surface area contributed by atoms with Crippen LogP contribution in [0.25, 0.3) is 0 Å². The first-order valence-electron chi connectivity index (χ1n) is 13.4. The minimum Gasteiger partial charge on any atom is -0.423 e. The molecule has 0 N–H and O–H groups in total. The highest BCUT2D eigenvalue weighted by atomic mass is 16.4. The zero-order valence-corrected chi connectivity index (χ0v) is 22.1. The van der Waals surface area contributed by atoms with Crippen molar-refractivity contribution in [3.8, 4) is 0 Å². The van der Waals surface area contributed by atoms with Gasteiger partial charge in [0.2, 0.25) is 17.7 Å². The molecule has 5 heterocycles. The molecule has 0 aromatic carbocycles. The second-order valence-corrected chi connectivity index (χ2v) is 11.3. The van der Waals surface area contributed by atoms with Gasteiger partial charge in [0, 0.05) is 51.4 Å². The first kappa shape index (κ1) is 24.9. The molecular formula is C26H39N7O3. The Hall–Kier alpha value is -2.75. The number of carbonyl (C=O) groups is 2. The summed E-state index contributed by atoms with van der Waals surface area (Å²) < 4.78 is 7.83. The van der Waals surface area contributed by atoms with Gasteiger partial charge in [-0.2, -0.15) is 5.10 Å². The first-order chi connectivity index (χ1) is 17.3. The van der Waals surface area contributed by atoms with Crippen LogP contribution in [0, 0.1) is 12.3 Å². The van der Waals surface area contributed by atoms with Crippen molar-refractivity contribution in [1.29, 1.82) is 0 Å². The number of hydrogen-bond donors (Lipinski definition) is 0. The highest BCUT2D eigenvalue weighted by Crippen LogP contribution is 2.49. The molecule has 0 saturated carbocycles. The molecule has 0 radical (unpaired) electrons. The number of likely N-dealkylation sites (tertiary alicyclic amines) is 3. The van der Waals surface area contributed by atoms with Crippen molar-refractivity contribution < 1.29 is 14.0 Å². The average molecular weight is 498 g/mol. The SMILES string of the molecule is Cc1c(C(=O)N2CCC3(CC2)CC(c2nnc(C(C)C)o2)N(CC(=O)N2CCCCC2)C3)cnn1C. The Bertz CT molecular complexity index is 1090. The minimum atomic E-state index is -0.0680. The van der Waals surface area contributed by atoms with Crippen LogP contribution in [0.1, 0.15) is 92.2 Å². The third kappa shape index (κ3) is 4.79. The summed E-state index contributed by atoms with van der Waals surface area (Å²) >= 11 is 0. The lowest BCUT2D eigenvalue weighted by atomic mass is 9.76. The fourth-order valence-corrected chi connectivity index (χ4v) is 6.01. The molecule has 0 aliphatic carbocycles. The smallest absolute Gasteiger partial charge is 0.257 e. The van der Waals surface area contributed by atoms with E-state index in [1.165, 1.54) is 6.42 Å². The van der Waals surface area contributed by atoms with Crippen LogP contribution < -0.4 is 0 Å². The molecule has 3 aliphatic heterocycles. The predicted octanol–water partition coefficient (Wildman–Crippen LogP) is 2.92. The summed E-state index contributed by atoms with van der Waals surface area (Å²) in [6.07, 6.45) is 7.70. The van der Waals surface area contributed by atoms with Gasteiger partial charge < -0.3 is 14.2 Å². The first-order valence-corrected chi connectivity index (χ1v) is 13.4. The molecule has 1 unspecified atom stereocenters. The normalized spacial score (nSPS) is 22.6. The fourth-order valence-electron chi connectivity index (χ4n) is 6.01. The summed E-state index contributed by atoms with van der Waals surface area (Å²) in [5, 5.41) is 12.9. The van der Waals surface area contributed by atoms with Gasteiger partial charge in [0.15, 0.2) is 0 Å². The Kier molecular flexibility index (Phi) is 6.89. The van der Waals surface area contributed by atoms with E-state index in [0.29, 0.717) is 37.0 Å². The van der Waals surface area contributed by atoms with E-state index in [-0.39, 0.29) is 29.2 Å². The number of rotatable bonds is 5. The molecule has 2 aromatic heterocycles. The molecule has 3 saturated heterocycles. The average Bonchev–Trinajstić information content (AvgIpc) is 3.58. The number of carbonyl (C=O) groups excluding carboxylic acids is 2. The standard InChI is InChI=1S/C26H39N7O3/c1-18(2)23-28-29-24(36-23)21-14-26(17-33(21)16-22(34)31-10-6-5-7-11-31)8-12-32(13-9-26)25(35)20-15-27-30(4)19(20)3/h15,18,21H,5-14,16-17H2,1-4H3. The van der Waals surface area contributed by atoms with Gasteiger partial charge in [-0.1, -0.05) is 13.8 Å². The maximum absolute atomic E-state index is 13.2. The van der Waals surface area contributed by atoms with Gasteiger partial charge in [0.05, 0.1) is 24.3 Å². The van der Waals surface area contributed by atoms with Crippen molar-refractivity contribution in [2.75, 3.05) is 39.3 Å². The van der Waals surface area contributed by atoms with E-state index in [2.05, 4.69) is 20.2 Å². The van der Waals surface area contributed by atoms with Crippen molar-refractivity contribution in [2.45, 2.75) is 71.3 Å². The molecular weight excluding hydrogens is 458 g/mol. The van der Waals surface area contributed by atoms with Crippen LogP contribution in [0.2, 0.25) is 0 Å². The molecule has 2 amide bonds. The van der Waals surface area contributed by atoms with E-state index in [1.807, 2.05) is 37.6 Å². The molecule has 1 atom stereocenters. The number of aromatic nitrogens is 4. The van der Waals surface area contributed by atoms with Gasteiger partial charge >= 0.3 is 0 Å². The molecule has 3 aliphatic rings. The summed E-state index contributed by atoms with van der Waals surface area (Å²) in [5.74, 6) is 1.67. The van der Waals surface area contributed by atoms with Gasteiger partial charge in [-0.3, -0.25) is 19.2 Å². The molecule has 196 valence electrons. The maximum Gasteiger partial charge on any atom is 0.257 e. The molecule has 10 nitrogen and oxygen atoms in total. The predicted molar refractivity (Wildman–Crippen MR) is 133 cm³/mol. The summed E-state index contributed by atoms with van der Waals surface area (Å²) in [6, 6.07) is -0.0680. The number of aryl methyl sites for hydroxylation is 1. The summed E-state index contributed by atoms with van der Waals surface area (Å²) in [6.45, 7) is 10.3. The van der Waals surface area contributed by atoms with E-state index in [4.69, 9.17) is 4.42 Å². The maximum atomic E-state index is 13.2. The Balaban J connectivity index is 1.31. The molecule has 36 heavy (non-hydrogen) atoms. The Labute approximate surface area is 213 Å². The summed E-state index contributed by atoms with van der Waals surface area (Å²) in [4.78, 5) is 32.6. The lowest BCUT2D eigenvalue weighted by Crippen LogP contribution is -2.46. The Morgan fingerprint density at radius 3 is 2.42 bits per heavy atom. The number of amides is 2. The topological polar surface area (TPSA) is 101 Å². The number of nitrogens with zero attached hydrogens (tertiary/aromatic N) is 7. The number of hydrogen-bond acceptors (Lipinski definition) is 7. The van der Waals surface area contributed by atoms with Gasteiger partial charge in [-0.25, -0.2) is 0 Å². The quantitative estimate of drug-likeness (QED) is 0.626. The Morgan fingerprint density at radius 2 is 1.81 bits per heavy atom.